The predicted molar refractivity (Wildman–Crippen MR) is 83.9 cm³/mol. The van der Waals surface area contributed by atoms with Gasteiger partial charge in [0.15, 0.2) is 9.84 Å². The van der Waals surface area contributed by atoms with Gasteiger partial charge in [0.25, 0.3) is 0 Å². The van der Waals surface area contributed by atoms with Crippen LogP contribution in [0.1, 0.15) is 38.6 Å². The van der Waals surface area contributed by atoms with E-state index in [1.54, 1.807) is 12.1 Å². The van der Waals surface area contributed by atoms with Crippen molar-refractivity contribution in [2.45, 2.75) is 43.5 Å². The summed E-state index contributed by atoms with van der Waals surface area (Å²) in [5.41, 5.74) is 7.41. The molecule has 2 aromatic rings. The topological polar surface area (TPSA) is 78.0 Å². The zero-order valence-electron chi connectivity index (χ0n) is 12.4. The second-order valence-corrected chi connectivity index (χ2v) is 7.96. The molecule has 1 saturated carbocycles. The van der Waals surface area contributed by atoms with Gasteiger partial charge in [-0.15, -0.1) is 0 Å². The standard InChI is InChI=1S/C15H21N3O2S/c1-3-11(9-10-7-8-10)18-12-5-4-6-13(21(2,19)20)14(12)17-15(18)16/h4-6,10-11H,3,7-9H2,1-2H3,(H2,16,17). The van der Waals surface area contributed by atoms with Crippen molar-refractivity contribution in [2.24, 2.45) is 5.92 Å². The van der Waals surface area contributed by atoms with Crippen molar-refractivity contribution in [1.29, 1.82) is 0 Å². The van der Waals surface area contributed by atoms with Gasteiger partial charge < -0.3 is 10.3 Å². The molecule has 1 heterocycles. The average Bonchev–Trinajstić information content (AvgIpc) is 3.16. The summed E-state index contributed by atoms with van der Waals surface area (Å²) in [6, 6.07) is 5.55. The molecule has 5 nitrogen and oxygen atoms in total. The first-order valence-electron chi connectivity index (χ1n) is 7.38. The maximum Gasteiger partial charge on any atom is 0.201 e. The second kappa shape index (κ2) is 5.02. The molecule has 0 aliphatic heterocycles. The Kier molecular flexibility index (Phi) is 3.43. The lowest BCUT2D eigenvalue weighted by molar-refractivity contribution is 0.442. The Hall–Kier alpha value is -1.56. The molecule has 114 valence electrons. The number of aromatic nitrogens is 2. The van der Waals surface area contributed by atoms with Gasteiger partial charge >= 0.3 is 0 Å². The molecule has 1 aromatic heterocycles. The zero-order valence-corrected chi connectivity index (χ0v) is 13.2. The zero-order chi connectivity index (χ0) is 15.2. The Morgan fingerprint density at radius 2 is 2.14 bits per heavy atom. The lowest BCUT2D eigenvalue weighted by Gasteiger charge is -2.19. The maximum atomic E-state index is 11.9. The fourth-order valence-electron chi connectivity index (χ4n) is 2.99. The molecule has 3 rings (SSSR count). The molecule has 1 aromatic carbocycles. The summed E-state index contributed by atoms with van der Waals surface area (Å²) in [6.45, 7) is 2.14. The van der Waals surface area contributed by atoms with E-state index < -0.39 is 9.84 Å². The van der Waals surface area contributed by atoms with Crippen molar-refractivity contribution in [1.82, 2.24) is 9.55 Å². The number of hydrogen-bond acceptors (Lipinski definition) is 4. The van der Waals surface area contributed by atoms with E-state index >= 15 is 0 Å². The number of rotatable bonds is 5. The molecule has 0 bridgehead atoms. The Bertz CT molecular complexity index is 776. The number of nitrogen functional groups attached to an aromatic ring is 1. The third kappa shape index (κ3) is 2.64. The van der Waals surface area contributed by atoms with Gasteiger partial charge in [0.2, 0.25) is 5.95 Å². The highest BCUT2D eigenvalue weighted by Crippen LogP contribution is 2.40. The summed E-state index contributed by atoms with van der Waals surface area (Å²) in [7, 11) is -3.31. The molecule has 0 amide bonds. The highest BCUT2D eigenvalue weighted by molar-refractivity contribution is 7.91. The lowest BCUT2D eigenvalue weighted by atomic mass is 10.1. The number of imidazole rings is 1. The van der Waals surface area contributed by atoms with Crippen LogP contribution in [-0.2, 0) is 9.84 Å². The molecule has 1 atom stereocenters. The third-order valence-corrected chi connectivity index (χ3v) is 5.38. The third-order valence-electron chi connectivity index (χ3n) is 4.25. The molecule has 1 fully saturated rings. The Morgan fingerprint density at radius 1 is 1.43 bits per heavy atom. The largest absolute Gasteiger partial charge is 0.369 e. The van der Waals surface area contributed by atoms with E-state index in [-0.39, 0.29) is 10.9 Å². The normalized spacial score (nSPS) is 17.2. The Morgan fingerprint density at radius 3 is 2.71 bits per heavy atom. The van der Waals surface area contributed by atoms with Crippen molar-refractivity contribution in [2.75, 3.05) is 12.0 Å². The number of para-hydroxylation sites is 1. The van der Waals surface area contributed by atoms with Gasteiger partial charge in [0.1, 0.15) is 5.52 Å². The molecule has 1 aliphatic rings. The number of hydrogen-bond donors (Lipinski definition) is 1. The summed E-state index contributed by atoms with van der Waals surface area (Å²) < 4.78 is 25.8. The first-order chi connectivity index (χ1) is 9.91. The highest BCUT2D eigenvalue weighted by Gasteiger charge is 2.28. The molecular formula is C15H21N3O2S. The van der Waals surface area contributed by atoms with Crippen molar-refractivity contribution in [3.05, 3.63) is 18.2 Å². The lowest BCUT2D eigenvalue weighted by Crippen LogP contribution is -2.12. The second-order valence-electron chi connectivity index (χ2n) is 5.98. The van der Waals surface area contributed by atoms with E-state index in [1.807, 2.05) is 10.6 Å². The number of nitrogens with two attached hydrogens (primary N) is 1. The van der Waals surface area contributed by atoms with Gasteiger partial charge in [-0.2, -0.15) is 0 Å². The van der Waals surface area contributed by atoms with E-state index in [0.717, 1.165) is 24.3 Å². The Labute approximate surface area is 125 Å². The van der Waals surface area contributed by atoms with Crippen LogP contribution in [0.3, 0.4) is 0 Å². The summed E-state index contributed by atoms with van der Waals surface area (Å²) >= 11 is 0. The van der Waals surface area contributed by atoms with Crippen molar-refractivity contribution >= 4 is 26.8 Å². The summed E-state index contributed by atoms with van der Waals surface area (Å²) in [4.78, 5) is 4.59. The van der Waals surface area contributed by atoms with Gasteiger partial charge in [-0.3, -0.25) is 0 Å². The van der Waals surface area contributed by atoms with Gasteiger partial charge in [0, 0.05) is 12.3 Å². The van der Waals surface area contributed by atoms with E-state index in [4.69, 9.17) is 5.73 Å². The number of fused-ring (bicyclic) bond motifs is 1. The van der Waals surface area contributed by atoms with E-state index in [2.05, 4.69) is 11.9 Å². The molecule has 1 unspecified atom stereocenters. The van der Waals surface area contributed by atoms with E-state index in [9.17, 15) is 8.42 Å². The SMILES string of the molecule is CCC(CC1CC1)n1c(N)nc2c(S(C)(=O)=O)cccc21. The van der Waals surface area contributed by atoms with Crippen LogP contribution in [0.5, 0.6) is 0 Å². The minimum Gasteiger partial charge on any atom is -0.369 e. The molecule has 6 heteroatoms. The molecule has 2 N–H and O–H groups in total. The van der Waals surface area contributed by atoms with Crippen LogP contribution in [0.4, 0.5) is 5.95 Å². The maximum absolute atomic E-state index is 11.9. The van der Waals surface area contributed by atoms with Crippen LogP contribution in [-0.4, -0.2) is 24.2 Å². The quantitative estimate of drug-likeness (QED) is 0.921. The first-order valence-corrected chi connectivity index (χ1v) is 9.27. The van der Waals surface area contributed by atoms with Crippen molar-refractivity contribution in [3.8, 4) is 0 Å². The number of anilines is 1. The average molecular weight is 307 g/mol. The molecule has 0 radical (unpaired) electrons. The van der Waals surface area contributed by atoms with Crippen LogP contribution in [0.2, 0.25) is 0 Å². The van der Waals surface area contributed by atoms with Gasteiger partial charge in [-0.1, -0.05) is 25.8 Å². The molecule has 1 aliphatic carbocycles. The smallest absolute Gasteiger partial charge is 0.201 e. The van der Waals surface area contributed by atoms with Gasteiger partial charge in [-0.05, 0) is 30.9 Å². The fourth-order valence-corrected chi connectivity index (χ4v) is 3.81. The van der Waals surface area contributed by atoms with Crippen molar-refractivity contribution < 1.29 is 8.42 Å². The van der Waals surface area contributed by atoms with Crippen LogP contribution in [0, 0.1) is 5.92 Å². The van der Waals surface area contributed by atoms with Gasteiger partial charge in [0.05, 0.1) is 10.4 Å². The molecule has 0 saturated heterocycles. The van der Waals surface area contributed by atoms with Crippen molar-refractivity contribution in [3.63, 3.8) is 0 Å². The van der Waals surface area contributed by atoms with E-state index in [0.29, 0.717) is 11.5 Å². The van der Waals surface area contributed by atoms with Crippen LogP contribution < -0.4 is 5.73 Å². The molecular weight excluding hydrogens is 286 g/mol. The van der Waals surface area contributed by atoms with Crippen LogP contribution in [0.15, 0.2) is 23.1 Å². The van der Waals surface area contributed by atoms with Gasteiger partial charge in [-0.25, -0.2) is 13.4 Å². The Balaban J connectivity index is 2.17. The van der Waals surface area contributed by atoms with Crippen LogP contribution in [0.25, 0.3) is 11.0 Å². The van der Waals surface area contributed by atoms with Crippen LogP contribution >= 0.6 is 0 Å². The predicted octanol–water partition coefficient (Wildman–Crippen LogP) is 2.77. The first kappa shape index (κ1) is 14.4. The van der Waals surface area contributed by atoms with E-state index in [1.165, 1.54) is 19.1 Å². The monoisotopic (exact) mass is 307 g/mol. The highest BCUT2D eigenvalue weighted by atomic mass is 32.2. The summed E-state index contributed by atoms with van der Waals surface area (Å²) in [6.07, 6.45) is 5.85. The molecule has 0 spiro atoms. The number of nitrogens with zero attached hydrogens (tertiary/aromatic N) is 2. The summed E-state index contributed by atoms with van der Waals surface area (Å²) in [5, 5.41) is 0. The number of benzene rings is 1. The summed E-state index contributed by atoms with van der Waals surface area (Å²) in [5.74, 6) is 1.19. The minimum absolute atomic E-state index is 0.256. The minimum atomic E-state index is -3.31. The molecule has 21 heavy (non-hydrogen) atoms. The number of sulfone groups is 1. The fraction of sp³-hybridized carbons (Fsp3) is 0.533.